The van der Waals surface area contributed by atoms with E-state index >= 15 is 0 Å². The number of hydrogen-bond acceptors (Lipinski definition) is 6. The topological polar surface area (TPSA) is 78.9 Å². The fraction of sp³-hybridized carbons (Fsp3) is 0.932. The maximum Gasteiger partial charge on any atom is 0.306 e. The van der Waals surface area contributed by atoms with Gasteiger partial charge in [-0.25, -0.2) is 0 Å². The Labute approximate surface area is 310 Å². The van der Waals surface area contributed by atoms with E-state index in [-0.39, 0.29) is 31.1 Å². The number of rotatable bonds is 39. The molecule has 0 rings (SSSR count). The third-order valence-electron chi connectivity index (χ3n) is 9.79. The maximum atomic E-state index is 12.6. The quantitative estimate of drug-likeness (QED) is 0.0359. The molecule has 6 nitrogen and oxygen atoms in total. The van der Waals surface area contributed by atoms with Gasteiger partial charge in [0.2, 0.25) is 0 Å². The number of hydrogen-bond donors (Lipinski definition) is 0. The van der Waals surface area contributed by atoms with E-state index in [0.29, 0.717) is 19.3 Å². The van der Waals surface area contributed by atoms with Gasteiger partial charge in [-0.05, 0) is 25.2 Å². The molecule has 0 aliphatic carbocycles. The zero-order valence-electron chi connectivity index (χ0n) is 33.9. The number of unbranched alkanes of at least 4 members (excludes halogenated alkanes) is 26. The molecule has 0 aromatic rings. The van der Waals surface area contributed by atoms with Gasteiger partial charge in [0, 0.05) is 19.3 Å². The van der Waals surface area contributed by atoms with Crippen LogP contribution in [0, 0.1) is 5.92 Å². The number of carbonyl (C=O) groups is 3. The largest absolute Gasteiger partial charge is 0.462 e. The van der Waals surface area contributed by atoms with Crippen molar-refractivity contribution in [3.05, 3.63) is 0 Å². The SMILES string of the molecule is CCCCCCCCCCCCCCCCCCCCC(=O)O[C@H](COC(=O)CCCCCCC)COC(=O)CCCCCCCCC(C)C. The Bertz CT molecular complexity index is 751. The van der Waals surface area contributed by atoms with Gasteiger partial charge in [-0.15, -0.1) is 0 Å². The lowest BCUT2D eigenvalue weighted by Gasteiger charge is -2.18. The summed E-state index contributed by atoms with van der Waals surface area (Å²) in [5.74, 6) is -0.113. The van der Waals surface area contributed by atoms with Crippen LogP contribution in [0.4, 0.5) is 0 Å². The van der Waals surface area contributed by atoms with Crippen molar-refractivity contribution in [1.82, 2.24) is 0 Å². The molecule has 6 heteroatoms. The summed E-state index contributed by atoms with van der Waals surface area (Å²) >= 11 is 0. The summed E-state index contributed by atoms with van der Waals surface area (Å²) in [6.07, 6.45) is 37.1. The van der Waals surface area contributed by atoms with E-state index in [1.807, 2.05) is 0 Å². The summed E-state index contributed by atoms with van der Waals surface area (Å²) in [7, 11) is 0. The normalized spacial score (nSPS) is 11.9. The van der Waals surface area contributed by atoms with Gasteiger partial charge in [-0.3, -0.25) is 14.4 Å². The van der Waals surface area contributed by atoms with Crippen LogP contribution in [0.3, 0.4) is 0 Å². The molecule has 50 heavy (non-hydrogen) atoms. The molecule has 0 saturated carbocycles. The van der Waals surface area contributed by atoms with E-state index in [9.17, 15) is 14.4 Å². The van der Waals surface area contributed by atoms with E-state index in [0.717, 1.165) is 70.1 Å². The zero-order chi connectivity index (χ0) is 36.8. The smallest absolute Gasteiger partial charge is 0.306 e. The molecule has 0 aromatic heterocycles. The van der Waals surface area contributed by atoms with Gasteiger partial charge >= 0.3 is 17.9 Å². The van der Waals surface area contributed by atoms with Crippen LogP contribution in [0.15, 0.2) is 0 Å². The molecular formula is C44H84O6. The lowest BCUT2D eigenvalue weighted by Crippen LogP contribution is -2.30. The minimum atomic E-state index is -0.757. The van der Waals surface area contributed by atoms with Gasteiger partial charge in [-0.2, -0.15) is 0 Å². The molecule has 0 fully saturated rings. The Morgan fingerprint density at radius 1 is 0.380 bits per heavy atom. The van der Waals surface area contributed by atoms with E-state index in [1.54, 1.807) is 0 Å². The van der Waals surface area contributed by atoms with Crippen molar-refractivity contribution in [3.8, 4) is 0 Å². The van der Waals surface area contributed by atoms with Gasteiger partial charge in [0.05, 0.1) is 0 Å². The lowest BCUT2D eigenvalue weighted by molar-refractivity contribution is -0.167. The van der Waals surface area contributed by atoms with Gasteiger partial charge < -0.3 is 14.2 Å². The van der Waals surface area contributed by atoms with Crippen molar-refractivity contribution < 1.29 is 28.6 Å². The van der Waals surface area contributed by atoms with Crippen LogP contribution in [0.25, 0.3) is 0 Å². The van der Waals surface area contributed by atoms with Crippen molar-refractivity contribution in [3.63, 3.8) is 0 Å². The molecule has 0 aliphatic rings. The van der Waals surface area contributed by atoms with Crippen LogP contribution in [0.5, 0.6) is 0 Å². The van der Waals surface area contributed by atoms with Crippen LogP contribution in [0.1, 0.15) is 240 Å². The van der Waals surface area contributed by atoms with E-state index in [1.165, 1.54) is 128 Å². The lowest BCUT2D eigenvalue weighted by atomic mass is 10.0. The van der Waals surface area contributed by atoms with Gasteiger partial charge in [0.1, 0.15) is 13.2 Å². The third-order valence-corrected chi connectivity index (χ3v) is 9.79. The summed E-state index contributed by atoms with van der Waals surface area (Å²) in [5, 5.41) is 0. The number of esters is 3. The summed E-state index contributed by atoms with van der Waals surface area (Å²) in [6, 6.07) is 0. The fourth-order valence-corrected chi connectivity index (χ4v) is 6.45. The predicted octanol–water partition coefficient (Wildman–Crippen LogP) is 13.6. The summed E-state index contributed by atoms with van der Waals surface area (Å²) in [5.41, 5.74) is 0. The monoisotopic (exact) mass is 709 g/mol. The highest BCUT2D eigenvalue weighted by Gasteiger charge is 2.19. The predicted molar refractivity (Wildman–Crippen MR) is 210 cm³/mol. The molecule has 0 bridgehead atoms. The first kappa shape index (κ1) is 48.4. The Balaban J connectivity index is 4.13. The molecule has 0 aliphatic heterocycles. The Morgan fingerprint density at radius 2 is 0.660 bits per heavy atom. The first-order valence-electron chi connectivity index (χ1n) is 21.9. The maximum absolute atomic E-state index is 12.6. The Kier molecular flexibility index (Phi) is 37.4. The molecule has 0 unspecified atom stereocenters. The van der Waals surface area contributed by atoms with Crippen LogP contribution in [0.2, 0.25) is 0 Å². The molecule has 0 spiro atoms. The first-order valence-corrected chi connectivity index (χ1v) is 21.9. The highest BCUT2D eigenvalue weighted by Crippen LogP contribution is 2.16. The van der Waals surface area contributed by atoms with Crippen molar-refractivity contribution in [2.45, 2.75) is 246 Å². The number of ether oxygens (including phenoxy) is 3. The van der Waals surface area contributed by atoms with E-state index < -0.39 is 6.10 Å². The van der Waals surface area contributed by atoms with E-state index in [2.05, 4.69) is 27.7 Å². The Hall–Kier alpha value is -1.59. The van der Waals surface area contributed by atoms with Gasteiger partial charge in [-0.1, -0.05) is 201 Å². The second-order valence-corrected chi connectivity index (χ2v) is 15.5. The van der Waals surface area contributed by atoms with Gasteiger partial charge in [0.25, 0.3) is 0 Å². The highest BCUT2D eigenvalue weighted by molar-refractivity contribution is 5.71. The Morgan fingerprint density at radius 3 is 0.980 bits per heavy atom. The standard InChI is InChI=1S/C44H84O6/c1-5-7-9-11-12-13-14-15-16-17-18-19-20-21-22-23-29-33-37-44(47)50-41(38-48-42(45)35-31-26-10-8-6-2)39-49-43(46)36-32-28-25-24-27-30-34-40(3)4/h40-41H,5-39H2,1-4H3/t41-/m1/s1. The second-order valence-electron chi connectivity index (χ2n) is 15.5. The molecule has 0 heterocycles. The molecule has 0 amide bonds. The van der Waals surface area contributed by atoms with Crippen molar-refractivity contribution in [2.75, 3.05) is 13.2 Å². The van der Waals surface area contributed by atoms with Crippen LogP contribution in [-0.4, -0.2) is 37.2 Å². The van der Waals surface area contributed by atoms with Gasteiger partial charge in [0.15, 0.2) is 6.10 Å². The van der Waals surface area contributed by atoms with Crippen molar-refractivity contribution >= 4 is 17.9 Å². The molecule has 0 radical (unpaired) electrons. The van der Waals surface area contributed by atoms with Crippen LogP contribution >= 0.6 is 0 Å². The van der Waals surface area contributed by atoms with Crippen molar-refractivity contribution in [1.29, 1.82) is 0 Å². The third kappa shape index (κ3) is 37.7. The minimum absolute atomic E-state index is 0.0668. The molecule has 0 aromatic carbocycles. The molecule has 0 saturated heterocycles. The molecule has 1 atom stereocenters. The van der Waals surface area contributed by atoms with E-state index in [4.69, 9.17) is 14.2 Å². The molecule has 0 N–H and O–H groups in total. The summed E-state index contributed by atoms with van der Waals surface area (Å²) < 4.78 is 16.6. The second kappa shape index (κ2) is 38.6. The summed E-state index contributed by atoms with van der Waals surface area (Å²) in [4.78, 5) is 37.3. The van der Waals surface area contributed by atoms with Crippen molar-refractivity contribution in [2.24, 2.45) is 5.92 Å². The highest BCUT2D eigenvalue weighted by atomic mass is 16.6. The van der Waals surface area contributed by atoms with Crippen LogP contribution in [-0.2, 0) is 28.6 Å². The fourth-order valence-electron chi connectivity index (χ4n) is 6.45. The average molecular weight is 709 g/mol. The molecular weight excluding hydrogens is 624 g/mol. The zero-order valence-corrected chi connectivity index (χ0v) is 33.9. The average Bonchev–Trinajstić information content (AvgIpc) is 3.09. The van der Waals surface area contributed by atoms with Crippen LogP contribution < -0.4 is 0 Å². The minimum Gasteiger partial charge on any atom is -0.462 e. The molecule has 296 valence electrons. The number of carbonyl (C=O) groups excluding carboxylic acids is 3. The summed E-state index contributed by atoms with van der Waals surface area (Å²) in [6.45, 7) is 8.84. The first-order chi connectivity index (χ1) is 24.4.